The molecule has 1 aromatic carbocycles. The number of nitrogens with zero attached hydrogens (tertiary/aromatic N) is 2. The number of aromatic amines is 1. The summed E-state index contributed by atoms with van der Waals surface area (Å²) in [5.74, 6) is -0.609. The molecule has 0 saturated carbocycles. The standard InChI is InChI=1S/C16H14N4O3/c17-12-7-19-15(10-3-1-2-9(4-10)8-21)20-14(12)11-5-13(16(22)23)18-6-11/h1-7,18,21H,8,17H2,(H,22,23). The van der Waals surface area contributed by atoms with E-state index in [-0.39, 0.29) is 12.3 Å². The number of carboxylic acids is 1. The topological polar surface area (TPSA) is 125 Å². The number of aliphatic hydroxyl groups excluding tert-OH is 1. The number of hydrogen-bond donors (Lipinski definition) is 4. The number of carboxylic acid groups (broad SMARTS) is 1. The van der Waals surface area contributed by atoms with Gasteiger partial charge in [0.2, 0.25) is 0 Å². The van der Waals surface area contributed by atoms with Crippen molar-refractivity contribution in [3.05, 3.63) is 54.0 Å². The molecule has 0 aliphatic rings. The fraction of sp³-hybridized carbons (Fsp3) is 0.0625. The van der Waals surface area contributed by atoms with Crippen LogP contribution in [0.3, 0.4) is 0 Å². The normalized spacial score (nSPS) is 10.7. The minimum Gasteiger partial charge on any atom is -0.477 e. The molecule has 7 nitrogen and oxygen atoms in total. The van der Waals surface area contributed by atoms with Crippen LogP contribution in [0.2, 0.25) is 0 Å². The fourth-order valence-corrected chi connectivity index (χ4v) is 2.22. The maximum atomic E-state index is 11.0. The molecule has 0 amide bonds. The van der Waals surface area contributed by atoms with Crippen molar-refractivity contribution in [3.8, 4) is 22.6 Å². The first-order valence-electron chi connectivity index (χ1n) is 6.83. The molecule has 116 valence electrons. The van der Waals surface area contributed by atoms with Crippen LogP contribution < -0.4 is 5.73 Å². The summed E-state index contributed by atoms with van der Waals surface area (Å²) in [6.07, 6.45) is 3.02. The van der Waals surface area contributed by atoms with E-state index in [0.717, 1.165) is 11.1 Å². The Morgan fingerprint density at radius 3 is 2.78 bits per heavy atom. The average molecular weight is 310 g/mol. The Morgan fingerprint density at radius 1 is 1.26 bits per heavy atom. The molecular weight excluding hydrogens is 296 g/mol. The van der Waals surface area contributed by atoms with E-state index in [1.807, 2.05) is 6.07 Å². The summed E-state index contributed by atoms with van der Waals surface area (Å²) in [6.45, 7) is -0.0740. The molecule has 23 heavy (non-hydrogen) atoms. The van der Waals surface area contributed by atoms with Gasteiger partial charge < -0.3 is 20.9 Å². The summed E-state index contributed by atoms with van der Waals surface area (Å²) in [5, 5.41) is 18.2. The van der Waals surface area contributed by atoms with Gasteiger partial charge in [-0.25, -0.2) is 14.8 Å². The van der Waals surface area contributed by atoms with Crippen molar-refractivity contribution in [3.63, 3.8) is 0 Å². The lowest BCUT2D eigenvalue weighted by Gasteiger charge is -2.07. The second-order valence-electron chi connectivity index (χ2n) is 4.96. The molecule has 3 rings (SSSR count). The minimum absolute atomic E-state index is 0.0573. The van der Waals surface area contributed by atoms with Crippen molar-refractivity contribution in [2.45, 2.75) is 6.61 Å². The first-order chi connectivity index (χ1) is 11.1. The van der Waals surface area contributed by atoms with Crippen LogP contribution >= 0.6 is 0 Å². The molecule has 0 radical (unpaired) electrons. The molecule has 0 aliphatic carbocycles. The summed E-state index contributed by atoms with van der Waals surface area (Å²) >= 11 is 0. The number of carbonyl (C=O) groups is 1. The molecule has 2 heterocycles. The first-order valence-corrected chi connectivity index (χ1v) is 6.83. The lowest BCUT2D eigenvalue weighted by molar-refractivity contribution is 0.0691. The van der Waals surface area contributed by atoms with Gasteiger partial charge in [0.15, 0.2) is 5.82 Å². The largest absolute Gasteiger partial charge is 0.477 e. The second-order valence-corrected chi connectivity index (χ2v) is 4.96. The van der Waals surface area contributed by atoms with E-state index in [2.05, 4.69) is 15.0 Å². The number of H-pyrrole nitrogens is 1. The Balaban J connectivity index is 2.06. The SMILES string of the molecule is Nc1cnc(-c2cccc(CO)c2)nc1-c1c[nH]c(C(=O)O)c1. The van der Waals surface area contributed by atoms with Gasteiger partial charge in [-0.15, -0.1) is 0 Å². The Bertz CT molecular complexity index is 873. The van der Waals surface area contributed by atoms with Gasteiger partial charge in [-0.05, 0) is 17.7 Å². The number of nitrogen functional groups attached to an aromatic ring is 1. The molecule has 0 bridgehead atoms. The number of nitrogens with two attached hydrogens (primary N) is 1. The number of nitrogens with one attached hydrogen (secondary N) is 1. The third kappa shape index (κ3) is 2.90. The number of aromatic nitrogens is 3. The molecule has 2 aromatic heterocycles. The van der Waals surface area contributed by atoms with E-state index in [4.69, 9.17) is 10.8 Å². The van der Waals surface area contributed by atoms with E-state index in [1.165, 1.54) is 18.5 Å². The molecule has 0 aliphatic heterocycles. The number of benzene rings is 1. The van der Waals surface area contributed by atoms with Gasteiger partial charge in [-0.2, -0.15) is 0 Å². The number of aromatic carboxylic acids is 1. The van der Waals surface area contributed by atoms with Crippen LogP contribution in [0.1, 0.15) is 16.1 Å². The number of anilines is 1. The van der Waals surface area contributed by atoms with E-state index in [1.54, 1.807) is 18.2 Å². The van der Waals surface area contributed by atoms with Crippen LogP contribution in [0.15, 0.2) is 42.7 Å². The van der Waals surface area contributed by atoms with Crippen molar-refractivity contribution < 1.29 is 15.0 Å². The third-order valence-electron chi connectivity index (χ3n) is 3.37. The van der Waals surface area contributed by atoms with Crippen LogP contribution in [0.25, 0.3) is 22.6 Å². The predicted octanol–water partition coefficient (Wildman–Crippen LogP) is 1.91. The van der Waals surface area contributed by atoms with E-state index in [9.17, 15) is 9.90 Å². The van der Waals surface area contributed by atoms with E-state index in [0.29, 0.717) is 22.8 Å². The molecule has 0 fully saturated rings. The van der Waals surface area contributed by atoms with Crippen molar-refractivity contribution in [1.82, 2.24) is 15.0 Å². The van der Waals surface area contributed by atoms with Crippen LogP contribution in [0.4, 0.5) is 5.69 Å². The van der Waals surface area contributed by atoms with Gasteiger partial charge in [0.1, 0.15) is 5.69 Å². The van der Waals surface area contributed by atoms with E-state index >= 15 is 0 Å². The Labute approximate surface area is 131 Å². The van der Waals surface area contributed by atoms with Gasteiger partial charge in [0, 0.05) is 17.3 Å². The highest BCUT2D eigenvalue weighted by Gasteiger charge is 2.13. The highest BCUT2D eigenvalue weighted by Crippen LogP contribution is 2.27. The summed E-state index contributed by atoms with van der Waals surface area (Å²) in [6, 6.07) is 8.68. The van der Waals surface area contributed by atoms with E-state index < -0.39 is 5.97 Å². The zero-order chi connectivity index (χ0) is 16.4. The van der Waals surface area contributed by atoms with Crippen molar-refractivity contribution in [2.24, 2.45) is 0 Å². The van der Waals surface area contributed by atoms with Gasteiger partial charge in [-0.3, -0.25) is 0 Å². The van der Waals surface area contributed by atoms with Crippen molar-refractivity contribution >= 4 is 11.7 Å². The maximum absolute atomic E-state index is 11.0. The lowest BCUT2D eigenvalue weighted by atomic mass is 10.1. The van der Waals surface area contributed by atoms with Crippen LogP contribution in [-0.4, -0.2) is 31.1 Å². The summed E-state index contributed by atoms with van der Waals surface area (Å²) < 4.78 is 0. The van der Waals surface area contributed by atoms with Crippen LogP contribution in [0.5, 0.6) is 0 Å². The molecule has 0 saturated heterocycles. The molecule has 7 heteroatoms. The summed E-state index contributed by atoms with van der Waals surface area (Å²) in [7, 11) is 0. The molecule has 0 atom stereocenters. The molecule has 3 aromatic rings. The predicted molar refractivity (Wildman–Crippen MR) is 84.5 cm³/mol. The molecule has 5 N–H and O–H groups in total. The van der Waals surface area contributed by atoms with Gasteiger partial charge in [0.05, 0.1) is 24.2 Å². The third-order valence-corrected chi connectivity index (χ3v) is 3.37. The van der Waals surface area contributed by atoms with Crippen molar-refractivity contribution in [1.29, 1.82) is 0 Å². The lowest BCUT2D eigenvalue weighted by Crippen LogP contribution is -1.98. The maximum Gasteiger partial charge on any atom is 0.352 e. The fourth-order valence-electron chi connectivity index (χ4n) is 2.22. The van der Waals surface area contributed by atoms with Crippen LogP contribution in [-0.2, 0) is 6.61 Å². The highest BCUT2D eigenvalue weighted by atomic mass is 16.4. The number of aliphatic hydroxyl groups is 1. The zero-order valence-electron chi connectivity index (χ0n) is 12.0. The Kier molecular flexibility index (Phi) is 3.78. The smallest absolute Gasteiger partial charge is 0.352 e. The van der Waals surface area contributed by atoms with Gasteiger partial charge in [-0.1, -0.05) is 18.2 Å². The number of rotatable bonds is 4. The Hall–Kier alpha value is -3.19. The Morgan fingerprint density at radius 2 is 2.09 bits per heavy atom. The second kappa shape index (κ2) is 5.90. The minimum atomic E-state index is -1.06. The first kappa shape index (κ1) is 14.7. The van der Waals surface area contributed by atoms with Crippen LogP contribution in [0, 0.1) is 0 Å². The quantitative estimate of drug-likeness (QED) is 0.583. The van der Waals surface area contributed by atoms with Gasteiger partial charge >= 0.3 is 5.97 Å². The zero-order valence-corrected chi connectivity index (χ0v) is 12.0. The molecule has 0 unspecified atom stereocenters. The average Bonchev–Trinajstić information content (AvgIpc) is 3.05. The highest BCUT2D eigenvalue weighted by molar-refractivity contribution is 5.88. The van der Waals surface area contributed by atoms with Crippen molar-refractivity contribution in [2.75, 3.05) is 5.73 Å². The number of hydrogen-bond acceptors (Lipinski definition) is 5. The summed E-state index contributed by atoms with van der Waals surface area (Å²) in [5.41, 5.74) is 8.84. The monoisotopic (exact) mass is 310 g/mol. The molecular formula is C16H14N4O3. The molecule has 0 spiro atoms. The van der Waals surface area contributed by atoms with Gasteiger partial charge in [0.25, 0.3) is 0 Å². The summed E-state index contributed by atoms with van der Waals surface area (Å²) in [4.78, 5) is 22.3.